The summed E-state index contributed by atoms with van der Waals surface area (Å²) < 4.78 is 0. The first kappa shape index (κ1) is 20.9. The lowest BCUT2D eigenvalue weighted by atomic mass is 9.97. The molecule has 1 aliphatic carbocycles. The lowest BCUT2D eigenvalue weighted by molar-refractivity contribution is -0.106. The molecule has 0 heterocycles. The standard InChI is InChI=1S/C23H29N3O3/c1-3-17-8-11-20(12-9-17)25(16-27)23(29)26(24-2)21-15-19(10-13-22(21)28)14-18-6-4-5-7-18/h8-13,15-16,18,24,28H,3-7,14H2,1-2H3. The van der Waals surface area contributed by atoms with Crippen LogP contribution >= 0.6 is 0 Å². The monoisotopic (exact) mass is 395 g/mol. The molecular formula is C23H29N3O3. The van der Waals surface area contributed by atoms with Crippen molar-refractivity contribution in [2.24, 2.45) is 5.92 Å². The number of nitrogens with one attached hydrogen (secondary N) is 1. The van der Waals surface area contributed by atoms with Crippen LogP contribution in [0.25, 0.3) is 0 Å². The number of hydrazine groups is 1. The van der Waals surface area contributed by atoms with E-state index in [0.29, 0.717) is 23.7 Å². The average molecular weight is 396 g/mol. The molecule has 2 aromatic carbocycles. The first-order valence-electron chi connectivity index (χ1n) is 10.2. The Bertz CT molecular complexity index is 845. The van der Waals surface area contributed by atoms with Gasteiger partial charge in [-0.1, -0.05) is 50.8 Å². The van der Waals surface area contributed by atoms with E-state index in [1.807, 2.05) is 31.2 Å². The van der Waals surface area contributed by atoms with E-state index >= 15 is 0 Å². The normalized spacial score (nSPS) is 14.0. The van der Waals surface area contributed by atoms with Crippen LogP contribution in [0.4, 0.5) is 16.2 Å². The van der Waals surface area contributed by atoms with Gasteiger partial charge in [-0.3, -0.25) is 4.79 Å². The Balaban J connectivity index is 1.86. The van der Waals surface area contributed by atoms with E-state index in [-0.39, 0.29) is 5.75 Å². The van der Waals surface area contributed by atoms with E-state index in [9.17, 15) is 14.7 Å². The SMILES string of the molecule is CCc1ccc(N(C=O)C(=O)N(NC)c2cc(CC3CCCC3)ccc2O)cc1. The van der Waals surface area contributed by atoms with Crippen LogP contribution < -0.4 is 15.3 Å². The summed E-state index contributed by atoms with van der Waals surface area (Å²) in [7, 11) is 1.59. The first-order chi connectivity index (χ1) is 14.1. The second-order valence-electron chi connectivity index (χ2n) is 7.51. The fraction of sp³-hybridized carbons (Fsp3) is 0.391. The van der Waals surface area contributed by atoms with Crippen molar-refractivity contribution in [2.45, 2.75) is 45.4 Å². The van der Waals surface area contributed by atoms with Crippen LogP contribution in [0.5, 0.6) is 5.75 Å². The van der Waals surface area contributed by atoms with Crippen LogP contribution in [0.1, 0.15) is 43.7 Å². The average Bonchev–Trinajstić information content (AvgIpc) is 3.25. The number of carbonyl (C=O) groups is 2. The van der Waals surface area contributed by atoms with Gasteiger partial charge in [-0.05, 0) is 54.2 Å². The summed E-state index contributed by atoms with van der Waals surface area (Å²) in [6.45, 7) is 2.04. The van der Waals surface area contributed by atoms with Crippen molar-refractivity contribution >= 4 is 23.8 Å². The smallest absolute Gasteiger partial charge is 0.350 e. The fourth-order valence-corrected chi connectivity index (χ4v) is 3.96. The summed E-state index contributed by atoms with van der Waals surface area (Å²) in [5.74, 6) is 0.629. The molecular weight excluding hydrogens is 366 g/mol. The molecule has 0 radical (unpaired) electrons. The zero-order chi connectivity index (χ0) is 20.8. The molecule has 3 rings (SSSR count). The number of imide groups is 1. The number of anilines is 2. The third kappa shape index (κ3) is 4.77. The molecule has 2 aromatic rings. The maximum Gasteiger partial charge on any atom is 0.350 e. The van der Waals surface area contributed by atoms with E-state index in [2.05, 4.69) is 5.43 Å². The second-order valence-corrected chi connectivity index (χ2v) is 7.51. The molecule has 2 N–H and O–H groups in total. The van der Waals surface area contributed by atoms with Crippen molar-refractivity contribution in [1.29, 1.82) is 0 Å². The Morgan fingerprint density at radius 1 is 1.14 bits per heavy atom. The van der Waals surface area contributed by atoms with Crippen LogP contribution in [0.15, 0.2) is 42.5 Å². The van der Waals surface area contributed by atoms with Crippen LogP contribution in [0.3, 0.4) is 0 Å². The summed E-state index contributed by atoms with van der Waals surface area (Å²) in [5.41, 5.74) is 5.82. The maximum atomic E-state index is 13.1. The third-order valence-corrected chi connectivity index (χ3v) is 5.63. The van der Waals surface area contributed by atoms with Gasteiger partial charge < -0.3 is 5.11 Å². The van der Waals surface area contributed by atoms with Gasteiger partial charge in [-0.25, -0.2) is 20.1 Å². The van der Waals surface area contributed by atoms with Crippen molar-refractivity contribution in [3.8, 4) is 5.75 Å². The second kappa shape index (κ2) is 9.56. The van der Waals surface area contributed by atoms with Gasteiger partial charge in [0.15, 0.2) is 0 Å². The Morgan fingerprint density at radius 3 is 2.38 bits per heavy atom. The lowest BCUT2D eigenvalue weighted by Gasteiger charge is -2.27. The van der Waals surface area contributed by atoms with Gasteiger partial charge in [-0.15, -0.1) is 0 Å². The Hall–Kier alpha value is -2.86. The van der Waals surface area contributed by atoms with Gasteiger partial charge in [-0.2, -0.15) is 0 Å². The quantitative estimate of drug-likeness (QED) is 0.538. The summed E-state index contributed by atoms with van der Waals surface area (Å²) in [4.78, 5) is 25.9. The van der Waals surface area contributed by atoms with Crippen molar-refractivity contribution in [3.05, 3.63) is 53.6 Å². The highest BCUT2D eigenvalue weighted by atomic mass is 16.3. The number of phenolic OH excluding ortho intramolecular Hbond substituents is 1. The zero-order valence-corrected chi connectivity index (χ0v) is 17.1. The van der Waals surface area contributed by atoms with Crippen molar-refractivity contribution in [3.63, 3.8) is 0 Å². The molecule has 0 aromatic heterocycles. The molecule has 0 spiro atoms. The van der Waals surface area contributed by atoms with Gasteiger partial charge in [0.2, 0.25) is 6.41 Å². The van der Waals surface area contributed by atoms with Crippen molar-refractivity contribution in [2.75, 3.05) is 17.0 Å². The van der Waals surface area contributed by atoms with Gasteiger partial charge in [0.25, 0.3) is 0 Å². The molecule has 1 saturated carbocycles. The topological polar surface area (TPSA) is 72.9 Å². The van der Waals surface area contributed by atoms with E-state index in [1.54, 1.807) is 25.2 Å². The molecule has 29 heavy (non-hydrogen) atoms. The van der Waals surface area contributed by atoms with Crippen LogP contribution in [-0.4, -0.2) is 24.6 Å². The summed E-state index contributed by atoms with van der Waals surface area (Å²) in [6.07, 6.45) is 7.26. The zero-order valence-electron chi connectivity index (χ0n) is 17.1. The predicted octanol–water partition coefficient (Wildman–Crippen LogP) is 4.41. The number of nitrogens with zero attached hydrogens (tertiary/aromatic N) is 2. The Morgan fingerprint density at radius 2 is 1.79 bits per heavy atom. The van der Waals surface area contributed by atoms with Gasteiger partial charge in [0.05, 0.1) is 5.69 Å². The number of aromatic hydroxyl groups is 1. The highest BCUT2D eigenvalue weighted by Crippen LogP contribution is 2.33. The largest absolute Gasteiger partial charge is 0.506 e. The van der Waals surface area contributed by atoms with Gasteiger partial charge in [0.1, 0.15) is 11.4 Å². The molecule has 1 aliphatic rings. The molecule has 0 unspecified atom stereocenters. The summed E-state index contributed by atoms with van der Waals surface area (Å²) in [5, 5.41) is 11.6. The van der Waals surface area contributed by atoms with Crippen LogP contribution in [-0.2, 0) is 17.6 Å². The van der Waals surface area contributed by atoms with Crippen molar-refractivity contribution < 1.29 is 14.7 Å². The molecule has 154 valence electrons. The van der Waals surface area contributed by atoms with E-state index in [4.69, 9.17) is 0 Å². The number of aryl methyl sites for hydroxylation is 1. The molecule has 0 atom stereocenters. The molecule has 6 heteroatoms. The third-order valence-electron chi connectivity index (χ3n) is 5.63. The number of rotatable bonds is 7. The number of hydrogen-bond donors (Lipinski definition) is 2. The number of hydrogen-bond acceptors (Lipinski definition) is 4. The Labute approximate surface area is 172 Å². The summed E-state index contributed by atoms with van der Waals surface area (Å²) in [6, 6.07) is 12.0. The van der Waals surface area contributed by atoms with E-state index < -0.39 is 6.03 Å². The van der Waals surface area contributed by atoms with Gasteiger partial charge in [0, 0.05) is 7.05 Å². The van der Waals surface area contributed by atoms with E-state index in [0.717, 1.165) is 28.9 Å². The highest BCUT2D eigenvalue weighted by molar-refractivity contribution is 6.13. The highest BCUT2D eigenvalue weighted by Gasteiger charge is 2.25. The fourth-order valence-electron chi connectivity index (χ4n) is 3.96. The minimum absolute atomic E-state index is 0.0185. The lowest BCUT2D eigenvalue weighted by Crippen LogP contribution is -2.49. The van der Waals surface area contributed by atoms with Crippen LogP contribution in [0, 0.1) is 5.92 Å². The summed E-state index contributed by atoms with van der Waals surface area (Å²) >= 11 is 0. The minimum Gasteiger partial charge on any atom is -0.506 e. The molecule has 0 aliphatic heterocycles. The van der Waals surface area contributed by atoms with Crippen molar-refractivity contribution in [1.82, 2.24) is 5.43 Å². The maximum absolute atomic E-state index is 13.1. The Kier molecular flexibility index (Phi) is 6.88. The van der Waals surface area contributed by atoms with E-state index in [1.165, 1.54) is 30.7 Å². The molecule has 0 saturated heterocycles. The van der Waals surface area contributed by atoms with Crippen LogP contribution in [0.2, 0.25) is 0 Å². The first-order valence-corrected chi connectivity index (χ1v) is 10.2. The molecule has 6 nitrogen and oxygen atoms in total. The number of phenols is 1. The number of amides is 3. The molecule has 3 amide bonds. The number of carbonyl (C=O) groups excluding carboxylic acids is 2. The number of urea groups is 1. The minimum atomic E-state index is -0.583. The van der Waals surface area contributed by atoms with Gasteiger partial charge >= 0.3 is 6.03 Å². The number of benzene rings is 2. The molecule has 1 fully saturated rings. The molecule has 0 bridgehead atoms. The predicted molar refractivity (Wildman–Crippen MR) is 115 cm³/mol.